The zero-order valence-electron chi connectivity index (χ0n) is 15.4. The number of ether oxygens (including phenoxy) is 1. The number of benzene rings is 2. The van der Waals surface area contributed by atoms with Crippen LogP contribution in [0.15, 0.2) is 48.5 Å². The first kappa shape index (κ1) is 18.3. The van der Waals surface area contributed by atoms with Gasteiger partial charge in [-0.1, -0.05) is 42.5 Å². The fraction of sp³-hybridized carbons (Fsp3) is 0.381. The minimum atomic E-state index is -0.233. The van der Waals surface area contributed by atoms with Crippen molar-refractivity contribution in [3.05, 3.63) is 65.2 Å². The Hall–Kier alpha value is -2.53. The molecular formula is C21H27N3O2. The lowest BCUT2D eigenvalue weighted by Gasteiger charge is -2.36. The highest BCUT2D eigenvalue weighted by Crippen LogP contribution is 2.23. The van der Waals surface area contributed by atoms with Crippen molar-refractivity contribution in [1.29, 1.82) is 0 Å². The maximum Gasteiger partial charge on any atom is 0.410 e. The Labute approximate surface area is 155 Å². The van der Waals surface area contributed by atoms with Gasteiger partial charge < -0.3 is 20.3 Å². The van der Waals surface area contributed by atoms with Crippen LogP contribution in [-0.2, 0) is 17.8 Å². The third-order valence-corrected chi connectivity index (χ3v) is 4.78. The number of nitrogens with two attached hydrogens (primary N) is 1. The SMILES string of the molecule is Cc1cc(CCN)ccc1N1CCN(C(=O)OCc2ccccc2)CC1. The second-order valence-corrected chi connectivity index (χ2v) is 6.67. The molecule has 2 N–H and O–H groups in total. The zero-order valence-corrected chi connectivity index (χ0v) is 15.4. The predicted molar refractivity (Wildman–Crippen MR) is 104 cm³/mol. The second-order valence-electron chi connectivity index (χ2n) is 6.67. The van der Waals surface area contributed by atoms with E-state index < -0.39 is 0 Å². The molecule has 26 heavy (non-hydrogen) atoms. The first-order chi connectivity index (χ1) is 12.7. The highest BCUT2D eigenvalue weighted by Gasteiger charge is 2.23. The third-order valence-electron chi connectivity index (χ3n) is 4.78. The lowest BCUT2D eigenvalue weighted by atomic mass is 10.1. The largest absolute Gasteiger partial charge is 0.445 e. The molecule has 1 aliphatic heterocycles. The van der Waals surface area contributed by atoms with E-state index in [1.807, 2.05) is 30.3 Å². The maximum atomic E-state index is 12.3. The van der Waals surface area contributed by atoms with Gasteiger partial charge in [0.2, 0.25) is 0 Å². The first-order valence-electron chi connectivity index (χ1n) is 9.17. The molecule has 1 amide bonds. The molecule has 1 saturated heterocycles. The number of anilines is 1. The van der Waals surface area contributed by atoms with Gasteiger partial charge in [0.1, 0.15) is 6.61 Å². The molecule has 5 heteroatoms. The van der Waals surface area contributed by atoms with Crippen LogP contribution in [0.2, 0.25) is 0 Å². The van der Waals surface area contributed by atoms with Gasteiger partial charge in [0.05, 0.1) is 0 Å². The van der Waals surface area contributed by atoms with Crippen LogP contribution in [0.5, 0.6) is 0 Å². The van der Waals surface area contributed by atoms with Crippen molar-refractivity contribution in [2.24, 2.45) is 5.73 Å². The average Bonchev–Trinajstić information content (AvgIpc) is 2.67. The Morgan fingerprint density at radius 3 is 2.42 bits per heavy atom. The number of piperazine rings is 1. The lowest BCUT2D eigenvalue weighted by Crippen LogP contribution is -2.49. The van der Waals surface area contributed by atoms with Crippen molar-refractivity contribution in [2.75, 3.05) is 37.6 Å². The Kier molecular flexibility index (Phi) is 6.12. The molecule has 0 spiro atoms. The number of carbonyl (C=O) groups is 1. The van der Waals surface area contributed by atoms with E-state index in [1.54, 1.807) is 4.90 Å². The van der Waals surface area contributed by atoms with E-state index in [1.165, 1.54) is 16.8 Å². The molecule has 0 radical (unpaired) electrons. The van der Waals surface area contributed by atoms with E-state index in [0.717, 1.165) is 25.1 Å². The Morgan fingerprint density at radius 2 is 1.77 bits per heavy atom. The summed E-state index contributed by atoms with van der Waals surface area (Å²) < 4.78 is 5.43. The standard InChI is InChI=1S/C21H27N3O2/c1-17-15-18(9-10-22)7-8-20(17)23-11-13-24(14-12-23)21(25)26-16-19-5-3-2-4-6-19/h2-8,15H,9-14,16,22H2,1H3. The molecule has 2 aromatic carbocycles. The van der Waals surface area contributed by atoms with Crippen LogP contribution in [0, 0.1) is 6.92 Å². The molecule has 138 valence electrons. The second kappa shape index (κ2) is 8.72. The topological polar surface area (TPSA) is 58.8 Å². The van der Waals surface area contributed by atoms with E-state index in [2.05, 4.69) is 30.0 Å². The van der Waals surface area contributed by atoms with E-state index in [9.17, 15) is 4.79 Å². The van der Waals surface area contributed by atoms with Gasteiger partial charge in [0.15, 0.2) is 0 Å². The van der Waals surface area contributed by atoms with Crippen LogP contribution < -0.4 is 10.6 Å². The molecule has 0 saturated carbocycles. The summed E-state index contributed by atoms with van der Waals surface area (Å²) in [4.78, 5) is 16.4. The number of amides is 1. The van der Waals surface area contributed by atoms with Crippen LogP contribution >= 0.6 is 0 Å². The van der Waals surface area contributed by atoms with Crippen molar-refractivity contribution in [3.63, 3.8) is 0 Å². The Morgan fingerprint density at radius 1 is 1.04 bits per heavy atom. The lowest BCUT2D eigenvalue weighted by molar-refractivity contribution is 0.0942. The predicted octanol–water partition coefficient (Wildman–Crippen LogP) is 2.96. The van der Waals surface area contributed by atoms with Gasteiger partial charge in [0.25, 0.3) is 0 Å². The van der Waals surface area contributed by atoms with Gasteiger partial charge in [-0.15, -0.1) is 0 Å². The number of nitrogens with zero attached hydrogens (tertiary/aromatic N) is 2. The van der Waals surface area contributed by atoms with Crippen LogP contribution in [0.4, 0.5) is 10.5 Å². The van der Waals surface area contributed by atoms with Gasteiger partial charge in [-0.3, -0.25) is 0 Å². The zero-order chi connectivity index (χ0) is 18.4. The van der Waals surface area contributed by atoms with Crippen LogP contribution in [0.1, 0.15) is 16.7 Å². The maximum absolute atomic E-state index is 12.3. The fourth-order valence-electron chi connectivity index (χ4n) is 3.34. The molecule has 0 aliphatic carbocycles. The van der Waals surface area contributed by atoms with Crippen molar-refractivity contribution in [3.8, 4) is 0 Å². The van der Waals surface area contributed by atoms with Crippen molar-refractivity contribution in [2.45, 2.75) is 20.0 Å². The van der Waals surface area contributed by atoms with Gasteiger partial charge >= 0.3 is 6.09 Å². The van der Waals surface area contributed by atoms with Crippen LogP contribution in [0.3, 0.4) is 0 Å². The summed E-state index contributed by atoms with van der Waals surface area (Å²) in [5.74, 6) is 0. The molecular weight excluding hydrogens is 326 g/mol. The molecule has 0 aromatic heterocycles. The molecule has 0 unspecified atom stereocenters. The van der Waals surface area contributed by atoms with Gasteiger partial charge in [0, 0.05) is 31.9 Å². The summed E-state index contributed by atoms with van der Waals surface area (Å²) >= 11 is 0. The molecule has 3 rings (SSSR count). The number of carbonyl (C=O) groups excluding carboxylic acids is 1. The molecule has 1 aliphatic rings. The van der Waals surface area contributed by atoms with Crippen LogP contribution in [0.25, 0.3) is 0 Å². The van der Waals surface area contributed by atoms with E-state index in [-0.39, 0.29) is 6.09 Å². The van der Waals surface area contributed by atoms with Gasteiger partial charge in [-0.05, 0) is 42.6 Å². The summed E-state index contributed by atoms with van der Waals surface area (Å²) in [6.45, 7) is 6.12. The number of hydrogen-bond donors (Lipinski definition) is 1. The molecule has 5 nitrogen and oxygen atoms in total. The van der Waals surface area contributed by atoms with Crippen LogP contribution in [-0.4, -0.2) is 43.7 Å². The number of rotatable bonds is 5. The molecule has 1 heterocycles. The van der Waals surface area contributed by atoms with Gasteiger partial charge in [-0.2, -0.15) is 0 Å². The average molecular weight is 353 g/mol. The summed E-state index contributed by atoms with van der Waals surface area (Å²) in [5.41, 5.74) is 10.4. The van der Waals surface area contributed by atoms with E-state index >= 15 is 0 Å². The van der Waals surface area contributed by atoms with E-state index in [0.29, 0.717) is 26.2 Å². The minimum Gasteiger partial charge on any atom is -0.445 e. The van der Waals surface area contributed by atoms with Crippen molar-refractivity contribution < 1.29 is 9.53 Å². The van der Waals surface area contributed by atoms with E-state index in [4.69, 9.17) is 10.5 Å². The number of hydrogen-bond acceptors (Lipinski definition) is 4. The summed E-state index contributed by atoms with van der Waals surface area (Å²) in [6.07, 6.45) is 0.672. The summed E-state index contributed by atoms with van der Waals surface area (Å²) in [5, 5.41) is 0. The third kappa shape index (κ3) is 4.55. The molecule has 1 fully saturated rings. The Bertz CT molecular complexity index is 725. The van der Waals surface area contributed by atoms with Crippen molar-refractivity contribution in [1.82, 2.24) is 4.90 Å². The Balaban J connectivity index is 1.51. The van der Waals surface area contributed by atoms with Gasteiger partial charge in [-0.25, -0.2) is 4.79 Å². The van der Waals surface area contributed by atoms with Crippen molar-refractivity contribution >= 4 is 11.8 Å². The minimum absolute atomic E-state index is 0.233. The molecule has 2 aromatic rings. The highest BCUT2D eigenvalue weighted by atomic mass is 16.6. The molecule has 0 bridgehead atoms. The summed E-state index contributed by atoms with van der Waals surface area (Å²) in [7, 11) is 0. The highest BCUT2D eigenvalue weighted by molar-refractivity contribution is 5.68. The smallest absolute Gasteiger partial charge is 0.410 e. The monoisotopic (exact) mass is 353 g/mol. The quantitative estimate of drug-likeness (QED) is 0.898. The fourth-order valence-corrected chi connectivity index (χ4v) is 3.34. The first-order valence-corrected chi connectivity index (χ1v) is 9.17. The molecule has 0 atom stereocenters. The normalized spacial score (nSPS) is 14.4. The summed E-state index contributed by atoms with van der Waals surface area (Å²) in [6, 6.07) is 16.3. The number of aryl methyl sites for hydroxylation is 1.